The van der Waals surface area contributed by atoms with E-state index in [1.54, 1.807) is 0 Å². The zero-order valence-corrected chi connectivity index (χ0v) is 8.33. The molecule has 2 fully saturated rings. The van der Waals surface area contributed by atoms with Gasteiger partial charge in [0.25, 0.3) is 0 Å². The Labute approximate surface area is 80.9 Å². The summed E-state index contributed by atoms with van der Waals surface area (Å²) in [7, 11) is 0. The minimum atomic E-state index is 0. The van der Waals surface area contributed by atoms with Crippen LogP contribution in [0.1, 0.15) is 25.7 Å². The first-order valence-electron chi connectivity index (χ1n) is 4.89. The third-order valence-electron chi connectivity index (χ3n) is 2.73. The van der Waals surface area contributed by atoms with Crippen LogP contribution < -0.4 is 10.6 Å². The zero-order valence-electron chi connectivity index (χ0n) is 7.51. The predicted octanol–water partition coefficient (Wildman–Crippen LogP) is 1.16. The Bertz CT molecular complexity index is 120. The fraction of sp³-hybridized carbons (Fsp3) is 1.00. The molecule has 72 valence electrons. The van der Waals surface area contributed by atoms with Crippen molar-refractivity contribution in [1.29, 1.82) is 0 Å². The van der Waals surface area contributed by atoms with Crippen molar-refractivity contribution in [1.82, 2.24) is 10.6 Å². The van der Waals surface area contributed by atoms with Crippen molar-refractivity contribution in [2.75, 3.05) is 19.6 Å². The van der Waals surface area contributed by atoms with E-state index in [4.69, 9.17) is 0 Å². The van der Waals surface area contributed by atoms with Crippen molar-refractivity contribution in [2.24, 2.45) is 5.92 Å². The van der Waals surface area contributed by atoms with E-state index in [2.05, 4.69) is 10.6 Å². The van der Waals surface area contributed by atoms with Gasteiger partial charge in [-0.05, 0) is 51.2 Å². The molecule has 2 aliphatic rings. The molecule has 0 aromatic carbocycles. The normalized spacial score (nSPS) is 28.5. The van der Waals surface area contributed by atoms with Gasteiger partial charge >= 0.3 is 0 Å². The van der Waals surface area contributed by atoms with Crippen molar-refractivity contribution in [3.63, 3.8) is 0 Å². The number of halogens is 1. The molecule has 2 nitrogen and oxygen atoms in total. The quantitative estimate of drug-likeness (QED) is 0.696. The van der Waals surface area contributed by atoms with Crippen molar-refractivity contribution in [3.05, 3.63) is 0 Å². The highest BCUT2D eigenvalue weighted by Crippen LogP contribution is 2.19. The second-order valence-electron chi connectivity index (χ2n) is 3.88. The Balaban J connectivity index is 0.000000720. The summed E-state index contributed by atoms with van der Waals surface area (Å²) >= 11 is 0. The van der Waals surface area contributed by atoms with Crippen LogP contribution in [0.2, 0.25) is 0 Å². The van der Waals surface area contributed by atoms with E-state index in [1.807, 2.05) is 0 Å². The molecule has 2 N–H and O–H groups in total. The van der Waals surface area contributed by atoms with Crippen molar-refractivity contribution >= 4 is 12.4 Å². The van der Waals surface area contributed by atoms with Gasteiger partial charge in [0.15, 0.2) is 0 Å². The average Bonchev–Trinajstić information content (AvgIpc) is 2.66. The van der Waals surface area contributed by atoms with Crippen LogP contribution in [0.15, 0.2) is 0 Å². The predicted molar refractivity (Wildman–Crippen MR) is 53.9 cm³/mol. The van der Waals surface area contributed by atoms with Crippen LogP contribution in [0.3, 0.4) is 0 Å². The first kappa shape index (κ1) is 10.3. The first-order chi connectivity index (χ1) is 5.45. The molecular formula is C9H19ClN2. The molecule has 0 aromatic heterocycles. The number of hydrogen-bond donors (Lipinski definition) is 2. The first-order valence-corrected chi connectivity index (χ1v) is 4.89. The van der Waals surface area contributed by atoms with Gasteiger partial charge in [-0.1, -0.05) is 0 Å². The third-order valence-corrected chi connectivity index (χ3v) is 2.73. The van der Waals surface area contributed by atoms with E-state index < -0.39 is 0 Å². The molecule has 1 aliphatic heterocycles. The molecule has 0 amide bonds. The van der Waals surface area contributed by atoms with Crippen LogP contribution in [-0.4, -0.2) is 25.7 Å². The zero-order chi connectivity index (χ0) is 7.52. The van der Waals surface area contributed by atoms with Crippen LogP contribution in [0.4, 0.5) is 0 Å². The van der Waals surface area contributed by atoms with Crippen molar-refractivity contribution < 1.29 is 0 Å². The van der Waals surface area contributed by atoms with Crippen molar-refractivity contribution in [2.45, 2.75) is 31.7 Å². The van der Waals surface area contributed by atoms with Crippen LogP contribution in [0.25, 0.3) is 0 Å². The lowest BCUT2D eigenvalue weighted by molar-refractivity contribution is 0.499. The fourth-order valence-electron chi connectivity index (χ4n) is 1.74. The smallest absolute Gasteiger partial charge is 0.00682 e. The fourth-order valence-corrected chi connectivity index (χ4v) is 1.74. The van der Waals surface area contributed by atoms with Gasteiger partial charge in [0, 0.05) is 6.04 Å². The minimum Gasteiger partial charge on any atom is -0.316 e. The summed E-state index contributed by atoms with van der Waals surface area (Å²) in [5, 5.41) is 6.95. The summed E-state index contributed by atoms with van der Waals surface area (Å²) in [4.78, 5) is 0. The second kappa shape index (κ2) is 5.05. The number of rotatable bonds is 4. The van der Waals surface area contributed by atoms with Gasteiger partial charge in [0.1, 0.15) is 0 Å². The third kappa shape index (κ3) is 3.30. The largest absolute Gasteiger partial charge is 0.316 e. The lowest BCUT2D eigenvalue weighted by atomic mass is 10.1. The molecule has 2 rings (SSSR count). The molecular weight excluding hydrogens is 172 g/mol. The Morgan fingerprint density at radius 1 is 1.25 bits per heavy atom. The van der Waals surface area contributed by atoms with Gasteiger partial charge in [-0.15, -0.1) is 12.4 Å². The topological polar surface area (TPSA) is 24.1 Å². The number of hydrogen-bond acceptors (Lipinski definition) is 2. The Morgan fingerprint density at radius 3 is 2.67 bits per heavy atom. The minimum absolute atomic E-state index is 0. The molecule has 0 radical (unpaired) electrons. The van der Waals surface area contributed by atoms with Gasteiger partial charge in [0.05, 0.1) is 0 Å². The summed E-state index contributed by atoms with van der Waals surface area (Å²) in [5.41, 5.74) is 0. The molecule has 3 heteroatoms. The summed E-state index contributed by atoms with van der Waals surface area (Å²) in [5.74, 6) is 0.959. The molecule has 1 heterocycles. The molecule has 1 saturated heterocycles. The second-order valence-corrected chi connectivity index (χ2v) is 3.88. The lowest BCUT2D eigenvalue weighted by Crippen LogP contribution is -2.21. The molecule has 1 atom stereocenters. The van der Waals surface area contributed by atoms with E-state index in [1.165, 1.54) is 45.3 Å². The van der Waals surface area contributed by atoms with E-state index >= 15 is 0 Å². The molecule has 12 heavy (non-hydrogen) atoms. The van der Waals surface area contributed by atoms with E-state index in [0.29, 0.717) is 0 Å². The van der Waals surface area contributed by atoms with Crippen LogP contribution in [-0.2, 0) is 0 Å². The van der Waals surface area contributed by atoms with Gasteiger partial charge in [-0.2, -0.15) is 0 Å². The van der Waals surface area contributed by atoms with Crippen molar-refractivity contribution in [3.8, 4) is 0 Å². The summed E-state index contributed by atoms with van der Waals surface area (Å²) < 4.78 is 0. The maximum absolute atomic E-state index is 3.56. The maximum Gasteiger partial charge on any atom is 0.00682 e. The van der Waals surface area contributed by atoms with E-state index in [0.717, 1.165) is 12.0 Å². The average molecular weight is 191 g/mol. The van der Waals surface area contributed by atoms with E-state index in [-0.39, 0.29) is 12.4 Å². The molecule has 1 saturated carbocycles. The molecule has 0 unspecified atom stereocenters. The lowest BCUT2D eigenvalue weighted by Gasteiger charge is -2.07. The van der Waals surface area contributed by atoms with Crippen LogP contribution >= 0.6 is 12.4 Å². The summed E-state index contributed by atoms with van der Waals surface area (Å²) in [6, 6.07) is 0.893. The standard InChI is InChI=1S/C9H18N2.ClH/c1-2-9(1)11-6-4-8-3-5-10-7-8;/h8-11H,1-7H2;1H/t8-;/m1./s1. The summed E-state index contributed by atoms with van der Waals surface area (Å²) in [6.45, 7) is 3.75. The van der Waals surface area contributed by atoms with Gasteiger partial charge in [0.2, 0.25) is 0 Å². The summed E-state index contributed by atoms with van der Waals surface area (Å²) in [6.07, 6.45) is 5.61. The highest BCUT2D eigenvalue weighted by atomic mass is 35.5. The monoisotopic (exact) mass is 190 g/mol. The molecule has 0 spiro atoms. The highest BCUT2D eigenvalue weighted by Gasteiger charge is 2.21. The Hall–Kier alpha value is 0.210. The number of nitrogens with one attached hydrogen (secondary N) is 2. The Morgan fingerprint density at radius 2 is 2.08 bits per heavy atom. The SMILES string of the molecule is C1C[C@H](CCNC2CC2)CN1.Cl. The maximum atomic E-state index is 3.56. The van der Waals surface area contributed by atoms with E-state index in [9.17, 15) is 0 Å². The van der Waals surface area contributed by atoms with Crippen LogP contribution in [0, 0.1) is 5.92 Å². The van der Waals surface area contributed by atoms with Crippen LogP contribution in [0.5, 0.6) is 0 Å². The van der Waals surface area contributed by atoms with Gasteiger partial charge in [-0.25, -0.2) is 0 Å². The molecule has 1 aliphatic carbocycles. The molecule has 0 bridgehead atoms. The Kier molecular flexibility index (Phi) is 4.33. The highest BCUT2D eigenvalue weighted by molar-refractivity contribution is 5.85. The van der Waals surface area contributed by atoms with Gasteiger partial charge < -0.3 is 10.6 Å². The molecule has 0 aromatic rings. The van der Waals surface area contributed by atoms with Gasteiger partial charge in [-0.3, -0.25) is 0 Å².